The molecule has 6 heteroatoms. The van der Waals surface area contributed by atoms with Gasteiger partial charge in [-0.3, -0.25) is 19.3 Å². The van der Waals surface area contributed by atoms with Gasteiger partial charge in [-0.2, -0.15) is 0 Å². The Hall–Kier alpha value is -1.69. The highest BCUT2D eigenvalue weighted by atomic mass is 16.5. The van der Waals surface area contributed by atoms with E-state index in [1.807, 2.05) is 0 Å². The molecule has 1 aliphatic heterocycles. The lowest BCUT2D eigenvalue weighted by Crippen LogP contribution is -2.42. The molecule has 2 bridgehead atoms. The van der Waals surface area contributed by atoms with Gasteiger partial charge in [0.15, 0.2) is 0 Å². The average Bonchev–Trinajstić information content (AvgIpc) is 3.07. The summed E-state index contributed by atoms with van der Waals surface area (Å²) in [7, 11) is 0. The number of hydrogen-bond donors (Lipinski definition) is 1. The van der Waals surface area contributed by atoms with Crippen LogP contribution in [-0.4, -0.2) is 48.9 Å². The first kappa shape index (κ1) is 15.8. The first-order valence-electron chi connectivity index (χ1n) is 9.03. The van der Waals surface area contributed by atoms with E-state index in [2.05, 4.69) is 17.5 Å². The van der Waals surface area contributed by atoms with Crippen LogP contribution in [0.2, 0.25) is 0 Å². The van der Waals surface area contributed by atoms with Crippen LogP contribution in [0.3, 0.4) is 0 Å². The molecule has 0 aromatic heterocycles. The number of nitrogens with zero attached hydrogens (tertiary/aromatic N) is 1. The molecule has 4 rings (SSSR count). The number of likely N-dealkylation sites (tertiary alicyclic amines) is 1. The molecule has 3 aliphatic carbocycles. The van der Waals surface area contributed by atoms with Crippen LogP contribution in [0.1, 0.15) is 25.7 Å². The van der Waals surface area contributed by atoms with Gasteiger partial charge in [0.25, 0.3) is 0 Å². The smallest absolute Gasteiger partial charge is 0.240 e. The average molecular weight is 332 g/mol. The number of rotatable bonds is 8. The summed E-state index contributed by atoms with van der Waals surface area (Å²) in [4.78, 5) is 38.2. The Balaban J connectivity index is 1.20. The van der Waals surface area contributed by atoms with Gasteiger partial charge in [-0.05, 0) is 43.4 Å². The van der Waals surface area contributed by atoms with Crippen molar-refractivity contribution in [2.75, 3.05) is 26.3 Å². The Labute approximate surface area is 141 Å². The van der Waals surface area contributed by atoms with E-state index in [4.69, 9.17) is 4.74 Å². The number of hydrogen-bond acceptors (Lipinski definition) is 4. The number of nitrogens with one attached hydrogen (secondary N) is 1. The molecule has 3 amide bonds. The minimum atomic E-state index is -0.265. The van der Waals surface area contributed by atoms with Crippen LogP contribution in [0.15, 0.2) is 12.2 Å². The maximum absolute atomic E-state index is 12.5. The molecule has 24 heavy (non-hydrogen) atoms. The molecule has 0 aromatic rings. The minimum absolute atomic E-state index is 0.146. The predicted molar refractivity (Wildman–Crippen MR) is 85.6 cm³/mol. The summed E-state index contributed by atoms with van der Waals surface area (Å²) in [6.07, 6.45) is 8.32. The number of amides is 3. The van der Waals surface area contributed by atoms with E-state index < -0.39 is 0 Å². The van der Waals surface area contributed by atoms with Crippen LogP contribution in [-0.2, 0) is 19.1 Å². The molecule has 4 unspecified atom stereocenters. The van der Waals surface area contributed by atoms with Crippen molar-refractivity contribution < 1.29 is 19.1 Å². The van der Waals surface area contributed by atoms with Crippen LogP contribution >= 0.6 is 0 Å². The van der Waals surface area contributed by atoms with E-state index >= 15 is 0 Å². The molecule has 4 atom stereocenters. The van der Waals surface area contributed by atoms with Crippen molar-refractivity contribution in [3.63, 3.8) is 0 Å². The topological polar surface area (TPSA) is 75.7 Å². The summed E-state index contributed by atoms with van der Waals surface area (Å²) < 4.78 is 5.51. The van der Waals surface area contributed by atoms with Crippen LogP contribution in [0.4, 0.5) is 0 Å². The summed E-state index contributed by atoms with van der Waals surface area (Å²) in [5.41, 5.74) is 0. The first-order valence-corrected chi connectivity index (χ1v) is 9.03. The molecule has 6 nitrogen and oxygen atoms in total. The monoisotopic (exact) mass is 332 g/mol. The zero-order chi connectivity index (χ0) is 16.7. The van der Waals surface area contributed by atoms with Gasteiger partial charge in [0.1, 0.15) is 6.54 Å². The number of carbonyl (C=O) groups is 3. The minimum Gasteiger partial charge on any atom is -0.381 e. The van der Waals surface area contributed by atoms with Gasteiger partial charge in [-0.15, -0.1) is 0 Å². The molecular formula is C18H24N2O4. The fraction of sp³-hybridized carbons (Fsp3) is 0.722. The maximum Gasteiger partial charge on any atom is 0.240 e. The summed E-state index contributed by atoms with van der Waals surface area (Å²) >= 11 is 0. The van der Waals surface area contributed by atoms with Gasteiger partial charge >= 0.3 is 0 Å². The van der Waals surface area contributed by atoms with Crippen LogP contribution in [0.5, 0.6) is 0 Å². The van der Waals surface area contributed by atoms with E-state index in [0.29, 0.717) is 13.2 Å². The third-order valence-electron chi connectivity index (χ3n) is 5.70. The van der Waals surface area contributed by atoms with Gasteiger partial charge in [0.05, 0.1) is 11.8 Å². The highest BCUT2D eigenvalue weighted by molar-refractivity contribution is 6.08. The summed E-state index contributed by atoms with van der Waals surface area (Å²) in [6, 6.07) is 0. The SMILES string of the molecule is O=C(CN1C(=O)C2C3C=CC(C3)C2C1=O)NCCCOCC1CC1. The number of allylic oxidation sites excluding steroid dienone is 2. The van der Waals surface area contributed by atoms with Crippen molar-refractivity contribution in [2.45, 2.75) is 25.7 Å². The Morgan fingerprint density at radius 1 is 1.17 bits per heavy atom. The van der Waals surface area contributed by atoms with Crippen molar-refractivity contribution >= 4 is 17.7 Å². The highest BCUT2D eigenvalue weighted by Crippen LogP contribution is 2.52. The van der Waals surface area contributed by atoms with Crippen LogP contribution < -0.4 is 5.32 Å². The van der Waals surface area contributed by atoms with Crippen LogP contribution in [0, 0.1) is 29.6 Å². The molecule has 0 spiro atoms. The second-order valence-corrected chi connectivity index (χ2v) is 7.48. The predicted octanol–water partition coefficient (Wildman–Crippen LogP) is 0.726. The van der Waals surface area contributed by atoms with E-state index in [-0.39, 0.29) is 47.9 Å². The molecule has 2 saturated carbocycles. The van der Waals surface area contributed by atoms with Gasteiger partial charge in [0, 0.05) is 19.8 Å². The number of imide groups is 1. The van der Waals surface area contributed by atoms with E-state index in [1.165, 1.54) is 17.7 Å². The summed E-state index contributed by atoms with van der Waals surface area (Å²) in [5, 5.41) is 2.78. The van der Waals surface area contributed by atoms with Crippen molar-refractivity contribution in [2.24, 2.45) is 29.6 Å². The lowest BCUT2D eigenvalue weighted by molar-refractivity contribution is -0.144. The number of ether oxygens (including phenoxy) is 1. The van der Waals surface area contributed by atoms with Gasteiger partial charge in [-0.25, -0.2) is 0 Å². The number of fused-ring (bicyclic) bond motifs is 5. The molecule has 0 radical (unpaired) electrons. The van der Waals surface area contributed by atoms with Gasteiger partial charge in [0.2, 0.25) is 17.7 Å². The molecule has 1 saturated heterocycles. The fourth-order valence-electron chi connectivity index (χ4n) is 4.26. The van der Waals surface area contributed by atoms with E-state index in [1.54, 1.807) is 0 Å². The second-order valence-electron chi connectivity index (χ2n) is 7.48. The maximum atomic E-state index is 12.5. The zero-order valence-electron chi connectivity index (χ0n) is 13.8. The highest BCUT2D eigenvalue weighted by Gasteiger charge is 2.59. The quantitative estimate of drug-likeness (QED) is 0.404. The van der Waals surface area contributed by atoms with Crippen molar-refractivity contribution in [3.05, 3.63) is 12.2 Å². The Kier molecular flexibility index (Phi) is 4.16. The van der Waals surface area contributed by atoms with Gasteiger partial charge in [-0.1, -0.05) is 12.2 Å². The summed E-state index contributed by atoms with van der Waals surface area (Å²) in [6.45, 7) is 1.83. The number of carbonyl (C=O) groups excluding carboxylic acids is 3. The molecule has 130 valence electrons. The molecule has 1 N–H and O–H groups in total. The molecule has 1 heterocycles. The zero-order valence-corrected chi connectivity index (χ0v) is 13.8. The molecular weight excluding hydrogens is 308 g/mol. The van der Waals surface area contributed by atoms with Crippen molar-refractivity contribution in [1.29, 1.82) is 0 Å². The molecule has 3 fully saturated rings. The van der Waals surface area contributed by atoms with Crippen molar-refractivity contribution in [1.82, 2.24) is 10.2 Å². The molecule has 4 aliphatic rings. The standard InChI is InChI=1S/C18H24N2O4/c21-14(19-6-1-7-24-10-11-2-3-11)9-20-17(22)15-12-4-5-13(8-12)16(15)18(20)23/h4-5,11-13,15-16H,1-3,6-10H2,(H,19,21). The largest absolute Gasteiger partial charge is 0.381 e. The van der Waals surface area contributed by atoms with Crippen LogP contribution in [0.25, 0.3) is 0 Å². The lowest BCUT2D eigenvalue weighted by atomic mass is 9.85. The Morgan fingerprint density at radius 2 is 1.83 bits per heavy atom. The summed E-state index contributed by atoms with van der Waals surface area (Å²) in [5.74, 6) is 0.0817. The van der Waals surface area contributed by atoms with Gasteiger partial charge < -0.3 is 10.1 Å². The first-order chi connectivity index (χ1) is 11.6. The third-order valence-corrected chi connectivity index (χ3v) is 5.70. The normalized spacial score (nSPS) is 33.4. The van der Waals surface area contributed by atoms with Crippen molar-refractivity contribution in [3.8, 4) is 0 Å². The fourth-order valence-corrected chi connectivity index (χ4v) is 4.26. The van der Waals surface area contributed by atoms with E-state index in [9.17, 15) is 14.4 Å². The Morgan fingerprint density at radius 3 is 2.46 bits per heavy atom. The second kappa shape index (κ2) is 6.31. The third kappa shape index (κ3) is 2.88. The van der Waals surface area contributed by atoms with E-state index in [0.717, 1.165) is 25.4 Å². The molecule has 0 aromatic carbocycles. The lowest BCUT2D eigenvalue weighted by Gasteiger charge is -2.16. The Bertz CT molecular complexity index is 554.